The van der Waals surface area contributed by atoms with Crippen LogP contribution in [0.4, 0.5) is 11.4 Å². The van der Waals surface area contributed by atoms with E-state index in [0.29, 0.717) is 0 Å². The third-order valence-corrected chi connectivity index (χ3v) is 3.58. The molecule has 0 aliphatic carbocycles. The summed E-state index contributed by atoms with van der Waals surface area (Å²) in [5.41, 5.74) is 2.01. The van der Waals surface area contributed by atoms with Gasteiger partial charge in [-0.1, -0.05) is 29.5 Å². The summed E-state index contributed by atoms with van der Waals surface area (Å²) < 4.78 is 0. The molecular weight excluding hydrogens is 260 g/mol. The van der Waals surface area contributed by atoms with Crippen LogP contribution >= 0.6 is 11.8 Å². The number of benzene rings is 2. The Hall–Kier alpha value is -2.01. The standard InChI is InChI=1S/C14H14N2O2S/c1-10-4-3-5-13(6-10)19-14-8-11(15-2)7-12(9-14)16(17)18/h3-9,15H,1-2H3. The third-order valence-electron chi connectivity index (χ3n) is 2.62. The highest BCUT2D eigenvalue weighted by Gasteiger charge is 2.10. The van der Waals surface area contributed by atoms with Gasteiger partial charge in [0.05, 0.1) is 4.92 Å². The highest BCUT2D eigenvalue weighted by Crippen LogP contribution is 2.33. The summed E-state index contributed by atoms with van der Waals surface area (Å²) in [6.45, 7) is 2.02. The van der Waals surface area contributed by atoms with Crippen LogP contribution in [-0.2, 0) is 0 Å². The number of hydrogen-bond acceptors (Lipinski definition) is 4. The van der Waals surface area contributed by atoms with Crippen LogP contribution in [0.15, 0.2) is 52.3 Å². The Balaban J connectivity index is 2.34. The molecule has 0 aliphatic rings. The highest BCUT2D eigenvalue weighted by atomic mass is 32.2. The van der Waals surface area contributed by atoms with Crippen molar-refractivity contribution >= 4 is 23.1 Å². The number of anilines is 1. The number of hydrogen-bond donors (Lipinski definition) is 1. The Labute approximate surface area is 116 Å². The van der Waals surface area contributed by atoms with E-state index in [-0.39, 0.29) is 10.6 Å². The van der Waals surface area contributed by atoms with Crippen LogP contribution in [0, 0.1) is 17.0 Å². The van der Waals surface area contributed by atoms with Gasteiger partial charge in [-0.15, -0.1) is 0 Å². The van der Waals surface area contributed by atoms with E-state index >= 15 is 0 Å². The Bertz CT molecular complexity index is 614. The molecular formula is C14H14N2O2S. The smallest absolute Gasteiger partial charge is 0.272 e. The van der Waals surface area contributed by atoms with Crippen molar-refractivity contribution in [3.8, 4) is 0 Å². The Morgan fingerprint density at radius 1 is 1.16 bits per heavy atom. The zero-order valence-electron chi connectivity index (χ0n) is 10.7. The van der Waals surface area contributed by atoms with Crippen molar-refractivity contribution in [3.05, 3.63) is 58.1 Å². The van der Waals surface area contributed by atoms with E-state index in [1.165, 1.54) is 23.4 Å². The molecule has 0 fully saturated rings. The van der Waals surface area contributed by atoms with Crippen LogP contribution in [0.2, 0.25) is 0 Å². The Kier molecular flexibility index (Phi) is 4.06. The van der Waals surface area contributed by atoms with Crippen molar-refractivity contribution in [1.29, 1.82) is 0 Å². The molecule has 0 atom stereocenters. The number of non-ortho nitro benzene ring substituents is 1. The van der Waals surface area contributed by atoms with Crippen molar-refractivity contribution < 1.29 is 4.92 Å². The Morgan fingerprint density at radius 3 is 2.58 bits per heavy atom. The maximum Gasteiger partial charge on any atom is 0.272 e. The molecule has 0 amide bonds. The molecule has 0 spiro atoms. The van der Waals surface area contributed by atoms with E-state index in [1.807, 2.05) is 31.2 Å². The molecule has 2 aromatic rings. The van der Waals surface area contributed by atoms with E-state index in [1.54, 1.807) is 13.1 Å². The van der Waals surface area contributed by atoms with E-state index in [9.17, 15) is 10.1 Å². The lowest BCUT2D eigenvalue weighted by atomic mass is 10.2. The molecule has 4 nitrogen and oxygen atoms in total. The molecule has 2 aromatic carbocycles. The molecule has 0 bridgehead atoms. The summed E-state index contributed by atoms with van der Waals surface area (Å²) in [7, 11) is 1.75. The molecule has 19 heavy (non-hydrogen) atoms. The number of nitro benzene ring substituents is 1. The van der Waals surface area contributed by atoms with Gasteiger partial charge in [-0.05, 0) is 25.1 Å². The number of nitro groups is 1. The Morgan fingerprint density at radius 2 is 1.95 bits per heavy atom. The lowest BCUT2D eigenvalue weighted by Gasteiger charge is -2.06. The van der Waals surface area contributed by atoms with Crippen molar-refractivity contribution in [2.24, 2.45) is 0 Å². The van der Waals surface area contributed by atoms with E-state index in [0.717, 1.165) is 15.5 Å². The van der Waals surface area contributed by atoms with Gasteiger partial charge in [0.2, 0.25) is 0 Å². The number of aryl methyl sites for hydroxylation is 1. The summed E-state index contributed by atoms with van der Waals surface area (Å²) in [4.78, 5) is 12.4. The monoisotopic (exact) mass is 274 g/mol. The molecule has 0 saturated heterocycles. The van der Waals surface area contributed by atoms with E-state index in [4.69, 9.17) is 0 Å². The molecule has 5 heteroatoms. The minimum atomic E-state index is -0.374. The quantitative estimate of drug-likeness (QED) is 0.673. The van der Waals surface area contributed by atoms with Crippen molar-refractivity contribution in [3.63, 3.8) is 0 Å². The van der Waals surface area contributed by atoms with Crippen molar-refractivity contribution in [2.45, 2.75) is 16.7 Å². The normalized spacial score (nSPS) is 10.2. The van der Waals surface area contributed by atoms with Crippen LogP contribution in [0.25, 0.3) is 0 Å². The first kappa shape index (κ1) is 13.4. The zero-order valence-corrected chi connectivity index (χ0v) is 11.5. The molecule has 0 radical (unpaired) electrons. The van der Waals surface area contributed by atoms with Crippen LogP contribution in [-0.4, -0.2) is 12.0 Å². The SMILES string of the molecule is CNc1cc(Sc2cccc(C)c2)cc([N+](=O)[O-])c1. The number of rotatable bonds is 4. The first-order chi connectivity index (χ1) is 9.08. The van der Waals surface area contributed by atoms with Crippen LogP contribution in [0.5, 0.6) is 0 Å². The summed E-state index contributed by atoms with van der Waals surface area (Å²) >= 11 is 1.52. The second kappa shape index (κ2) is 5.75. The average Bonchev–Trinajstić information content (AvgIpc) is 2.38. The molecule has 1 N–H and O–H groups in total. The minimum Gasteiger partial charge on any atom is -0.388 e. The fraction of sp³-hybridized carbons (Fsp3) is 0.143. The highest BCUT2D eigenvalue weighted by molar-refractivity contribution is 7.99. The van der Waals surface area contributed by atoms with Gasteiger partial charge < -0.3 is 5.32 Å². The van der Waals surface area contributed by atoms with Gasteiger partial charge in [-0.2, -0.15) is 0 Å². The average molecular weight is 274 g/mol. The summed E-state index contributed by atoms with van der Waals surface area (Å²) in [5.74, 6) is 0. The summed E-state index contributed by atoms with van der Waals surface area (Å²) in [6.07, 6.45) is 0. The molecule has 0 unspecified atom stereocenters. The third kappa shape index (κ3) is 3.48. The zero-order chi connectivity index (χ0) is 13.8. The van der Waals surface area contributed by atoms with Crippen LogP contribution < -0.4 is 5.32 Å². The summed E-state index contributed by atoms with van der Waals surface area (Å²) in [5, 5.41) is 13.8. The van der Waals surface area contributed by atoms with Gasteiger partial charge in [-0.3, -0.25) is 10.1 Å². The van der Waals surface area contributed by atoms with Crippen molar-refractivity contribution in [2.75, 3.05) is 12.4 Å². The second-order valence-corrected chi connectivity index (χ2v) is 5.29. The van der Waals surface area contributed by atoms with Crippen molar-refractivity contribution in [1.82, 2.24) is 0 Å². The van der Waals surface area contributed by atoms with Gasteiger partial charge in [0.1, 0.15) is 0 Å². The van der Waals surface area contributed by atoms with E-state index < -0.39 is 0 Å². The predicted molar refractivity (Wildman–Crippen MR) is 77.9 cm³/mol. The lowest BCUT2D eigenvalue weighted by Crippen LogP contribution is -1.93. The largest absolute Gasteiger partial charge is 0.388 e. The topological polar surface area (TPSA) is 55.2 Å². The van der Waals surface area contributed by atoms with E-state index in [2.05, 4.69) is 11.4 Å². The van der Waals surface area contributed by atoms with Gasteiger partial charge in [0.25, 0.3) is 5.69 Å². The molecule has 0 heterocycles. The molecule has 98 valence electrons. The maximum atomic E-state index is 10.9. The lowest BCUT2D eigenvalue weighted by molar-refractivity contribution is -0.385. The van der Waals surface area contributed by atoms with Gasteiger partial charge >= 0.3 is 0 Å². The number of nitrogens with one attached hydrogen (secondary N) is 1. The summed E-state index contributed by atoms with van der Waals surface area (Å²) in [6, 6.07) is 13.1. The first-order valence-electron chi connectivity index (χ1n) is 5.80. The first-order valence-corrected chi connectivity index (χ1v) is 6.62. The maximum absolute atomic E-state index is 10.9. The fourth-order valence-electron chi connectivity index (χ4n) is 1.71. The minimum absolute atomic E-state index is 0.0991. The van der Waals surface area contributed by atoms with Gasteiger partial charge in [0.15, 0.2) is 0 Å². The van der Waals surface area contributed by atoms with Gasteiger partial charge in [-0.25, -0.2) is 0 Å². The van der Waals surface area contributed by atoms with Crippen LogP contribution in [0.3, 0.4) is 0 Å². The van der Waals surface area contributed by atoms with Crippen LogP contribution in [0.1, 0.15) is 5.56 Å². The van der Waals surface area contributed by atoms with Gasteiger partial charge in [0, 0.05) is 34.7 Å². The molecule has 0 saturated carbocycles. The molecule has 0 aromatic heterocycles. The number of nitrogens with zero attached hydrogens (tertiary/aromatic N) is 1. The fourth-order valence-corrected chi connectivity index (χ4v) is 2.74. The molecule has 0 aliphatic heterocycles. The second-order valence-electron chi connectivity index (χ2n) is 4.14. The molecule has 2 rings (SSSR count). The predicted octanol–water partition coefficient (Wildman–Crippen LogP) is 4.10.